The Morgan fingerprint density at radius 2 is 1.88 bits per heavy atom. The molecule has 1 aliphatic rings. The molecule has 1 saturated heterocycles. The fraction of sp³-hybridized carbons (Fsp3) is 0.435. The number of ether oxygens (including phenoxy) is 2. The smallest absolute Gasteiger partial charge is 0.243 e. The maximum Gasteiger partial charge on any atom is 0.243 e. The Kier molecular flexibility index (Phi) is 8.59. The lowest BCUT2D eigenvalue weighted by molar-refractivity contribution is -0.122. The highest BCUT2D eigenvalue weighted by molar-refractivity contribution is 7.89. The normalized spacial score (nSPS) is 16.2. The molecular weight excluding hydrogens is 460 g/mol. The first-order valence-electron chi connectivity index (χ1n) is 11.1. The van der Waals surface area contributed by atoms with Gasteiger partial charge >= 0.3 is 0 Å². The number of nitrogens with zero attached hydrogens (tertiary/aromatic N) is 3. The molecule has 0 bridgehead atoms. The van der Waals surface area contributed by atoms with Gasteiger partial charge in [-0.05, 0) is 36.4 Å². The van der Waals surface area contributed by atoms with Crippen LogP contribution >= 0.6 is 0 Å². The summed E-state index contributed by atoms with van der Waals surface area (Å²) in [5.41, 5.74) is 0.962. The molecule has 34 heavy (non-hydrogen) atoms. The standard InChI is InChI=1S/C23H30N4O6S/c1-4-26(5-2)34(30,31)19-10-8-18(9-11-19)27-16-17(15-21(27)28)22(29)25-20-7-6-12-24-23(20)33-14-13-32-3/h6-12,17H,4-5,13-16H2,1-3H3,(H,25,29). The summed E-state index contributed by atoms with van der Waals surface area (Å²) < 4.78 is 37.2. The van der Waals surface area contributed by atoms with Crippen LogP contribution in [0, 0.1) is 5.92 Å². The molecule has 2 aromatic rings. The summed E-state index contributed by atoms with van der Waals surface area (Å²) in [5.74, 6) is -0.818. The molecule has 1 aromatic carbocycles. The van der Waals surface area contributed by atoms with Crippen molar-refractivity contribution < 1.29 is 27.5 Å². The first-order chi connectivity index (χ1) is 16.3. The third kappa shape index (κ3) is 5.72. The average molecular weight is 491 g/mol. The van der Waals surface area contributed by atoms with Crippen LogP contribution in [0.15, 0.2) is 47.5 Å². The summed E-state index contributed by atoms with van der Waals surface area (Å²) >= 11 is 0. The molecule has 2 amide bonds. The summed E-state index contributed by atoms with van der Waals surface area (Å²) in [6.07, 6.45) is 1.61. The first kappa shape index (κ1) is 25.6. The van der Waals surface area contributed by atoms with Gasteiger partial charge in [0.05, 0.1) is 17.4 Å². The van der Waals surface area contributed by atoms with E-state index >= 15 is 0 Å². The van der Waals surface area contributed by atoms with Crippen LogP contribution in [0.2, 0.25) is 0 Å². The molecule has 11 heteroatoms. The third-order valence-corrected chi connectivity index (χ3v) is 7.61. The lowest BCUT2D eigenvalue weighted by Gasteiger charge is -2.20. The van der Waals surface area contributed by atoms with Crippen molar-refractivity contribution in [3.8, 4) is 5.88 Å². The van der Waals surface area contributed by atoms with E-state index in [2.05, 4.69) is 10.3 Å². The summed E-state index contributed by atoms with van der Waals surface area (Å²) in [5, 5.41) is 2.80. The van der Waals surface area contributed by atoms with E-state index in [4.69, 9.17) is 9.47 Å². The second-order valence-corrected chi connectivity index (χ2v) is 9.61. The van der Waals surface area contributed by atoms with Crippen LogP contribution in [-0.2, 0) is 24.3 Å². The Morgan fingerprint density at radius 3 is 2.53 bits per heavy atom. The Balaban J connectivity index is 1.68. The molecule has 10 nitrogen and oxygen atoms in total. The molecule has 2 heterocycles. The predicted octanol–water partition coefficient (Wildman–Crippen LogP) is 2.13. The number of aromatic nitrogens is 1. The van der Waals surface area contributed by atoms with Crippen LogP contribution in [0.5, 0.6) is 5.88 Å². The van der Waals surface area contributed by atoms with Crippen molar-refractivity contribution in [1.82, 2.24) is 9.29 Å². The van der Waals surface area contributed by atoms with Gasteiger partial charge in [-0.15, -0.1) is 0 Å². The van der Waals surface area contributed by atoms with Crippen LogP contribution in [0.4, 0.5) is 11.4 Å². The minimum atomic E-state index is -3.59. The Hall–Kier alpha value is -3.02. The SMILES string of the molecule is CCN(CC)S(=O)(=O)c1ccc(N2CC(C(=O)Nc3cccnc3OCCOC)CC2=O)cc1. The van der Waals surface area contributed by atoms with E-state index in [1.54, 1.807) is 51.4 Å². The lowest BCUT2D eigenvalue weighted by atomic mass is 10.1. The van der Waals surface area contributed by atoms with E-state index in [0.717, 1.165) is 0 Å². The van der Waals surface area contributed by atoms with Crippen LogP contribution in [0.1, 0.15) is 20.3 Å². The van der Waals surface area contributed by atoms with Crippen LogP contribution in [0.25, 0.3) is 0 Å². The van der Waals surface area contributed by atoms with Gasteiger partial charge in [0.25, 0.3) is 0 Å². The highest BCUT2D eigenvalue weighted by Gasteiger charge is 2.35. The first-order valence-corrected chi connectivity index (χ1v) is 12.5. The van der Waals surface area contributed by atoms with Crippen molar-refractivity contribution in [2.45, 2.75) is 25.2 Å². The average Bonchev–Trinajstić information content (AvgIpc) is 3.23. The Bertz CT molecular complexity index is 1100. The highest BCUT2D eigenvalue weighted by atomic mass is 32.2. The number of hydrogen-bond donors (Lipinski definition) is 1. The fourth-order valence-electron chi connectivity index (χ4n) is 3.70. The molecule has 1 atom stereocenters. The van der Waals surface area contributed by atoms with Gasteiger partial charge in [-0.25, -0.2) is 13.4 Å². The maximum absolute atomic E-state index is 12.9. The molecule has 0 aliphatic carbocycles. The number of methoxy groups -OCH3 is 1. The summed E-state index contributed by atoms with van der Waals surface area (Å²) in [6.45, 7) is 5.16. The van der Waals surface area contributed by atoms with E-state index in [0.29, 0.717) is 31.1 Å². The molecule has 0 spiro atoms. The molecule has 184 valence electrons. The van der Waals surface area contributed by atoms with Gasteiger partial charge in [-0.3, -0.25) is 9.59 Å². The number of benzene rings is 1. The molecule has 1 fully saturated rings. The van der Waals surface area contributed by atoms with E-state index in [1.165, 1.54) is 21.3 Å². The number of pyridine rings is 1. The third-order valence-electron chi connectivity index (χ3n) is 5.54. The van der Waals surface area contributed by atoms with Gasteiger partial charge < -0.3 is 19.7 Å². The van der Waals surface area contributed by atoms with Gasteiger partial charge in [-0.1, -0.05) is 13.8 Å². The topological polar surface area (TPSA) is 118 Å². The molecule has 3 rings (SSSR count). The zero-order chi connectivity index (χ0) is 24.7. The number of nitrogens with one attached hydrogen (secondary N) is 1. The van der Waals surface area contributed by atoms with E-state index < -0.39 is 15.9 Å². The molecule has 0 saturated carbocycles. The molecule has 1 aliphatic heterocycles. The second-order valence-electron chi connectivity index (χ2n) is 7.68. The van der Waals surface area contributed by atoms with E-state index in [9.17, 15) is 18.0 Å². The number of carbonyl (C=O) groups excluding carboxylic acids is 2. The number of hydrogen-bond acceptors (Lipinski definition) is 7. The minimum Gasteiger partial charge on any atom is -0.474 e. The zero-order valence-electron chi connectivity index (χ0n) is 19.6. The minimum absolute atomic E-state index is 0.0471. The van der Waals surface area contributed by atoms with Crippen molar-refractivity contribution in [3.05, 3.63) is 42.6 Å². The monoisotopic (exact) mass is 490 g/mol. The van der Waals surface area contributed by atoms with Crippen molar-refractivity contribution >= 4 is 33.2 Å². The van der Waals surface area contributed by atoms with Gasteiger partial charge in [0.2, 0.25) is 27.7 Å². The lowest BCUT2D eigenvalue weighted by Crippen LogP contribution is -2.31. The van der Waals surface area contributed by atoms with Crippen LogP contribution < -0.4 is 15.0 Å². The zero-order valence-corrected chi connectivity index (χ0v) is 20.4. The van der Waals surface area contributed by atoms with Crippen molar-refractivity contribution in [2.24, 2.45) is 5.92 Å². The molecule has 1 aromatic heterocycles. The number of anilines is 2. The molecule has 0 radical (unpaired) electrons. The fourth-order valence-corrected chi connectivity index (χ4v) is 5.16. The molecule has 1 unspecified atom stereocenters. The number of amides is 2. The van der Waals surface area contributed by atoms with Gasteiger partial charge in [0.15, 0.2) is 0 Å². The summed E-state index contributed by atoms with van der Waals surface area (Å²) in [6, 6.07) is 9.52. The number of carbonyl (C=O) groups is 2. The van der Waals surface area contributed by atoms with Crippen molar-refractivity contribution in [1.29, 1.82) is 0 Å². The van der Waals surface area contributed by atoms with E-state index in [1.807, 2.05) is 0 Å². The molecule has 1 N–H and O–H groups in total. The Morgan fingerprint density at radius 1 is 1.18 bits per heavy atom. The van der Waals surface area contributed by atoms with Gasteiger partial charge in [0.1, 0.15) is 12.3 Å². The highest BCUT2D eigenvalue weighted by Crippen LogP contribution is 2.29. The van der Waals surface area contributed by atoms with Gasteiger partial charge in [0, 0.05) is 45.0 Å². The summed E-state index contributed by atoms with van der Waals surface area (Å²) in [7, 11) is -2.03. The van der Waals surface area contributed by atoms with Crippen LogP contribution in [0.3, 0.4) is 0 Å². The quantitative estimate of drug-likeness (QED) is 0.480. The van der Waals surface area contributed by atoms with Crippen LogP contribution in [-0.4, -0.2) is 69.5 Å². The maximum atomic E-state index is 12.9. The summed E-state index contributed by atoms with van der Waals surface area (Å²) in [4.78, 5) is 31.3. The van der Waals surface area contributed by atoms with Crippen molar-refractivity contribution in [3.63, 3.8) is 0 Å². The van der Waals surface area contributed by atoms with Crippen molar-refractivity contribution in [2.75, 3.05) is 50.2 Å². The number of sulfonamides is 1. The number of rotatable bonds is 11. The van der Waals surface area contributed by atoms with E-state index in [-0.39, 0.29) is 42.2 Å². The molecular formula is C23H30N4O6S. The second kappa shape index (κ2) is 11.4. The predicted molar refractivity (Wildman–Crippen MR) is 127 cm³/mol. The largest absolute Gasteiger partial charge is 0.474 e. The van der Waals surface area contributed by atoms with Gasteiger partial charge in [-0.2, -0.15) is 4.31 Å². The Labute approximate surface area is 199 Å².